The third-order valence-corrected chi connectivity index (χ3v) is 3.96. The number of hydrogen-bond donors (Lipinski definition) is 1. The molecule has 1 saturated heterocycles. The highest BCUT2D eigenvalue weighted by Crippen LogP contribution is 2.30. The lowest BCUT2D eigenvalue weighted by Gasteiger charge is -2.26. The van der Waals surface area contributed by atoms with E-state index >= 15 is 0 Å². The van der Waals surface area contributed by atoms with Crippen molar-refractivity contribution in [1.82, 2.24) is 4.90 Å². The average Bonchev–Trinajstić information content (AvgIpc) is 2.87. The number of aliphatic hydroxyl groups excluding tert-OH is 1. The predicted molar refractivity (Wildman–Crippen MR) is 73.2 cm³/mol. The molecule has 1 fully saturated rings. The highest BCUT2D eigenvalue weighted by atomic mass is 19.1. The van der Waals surface area contributed by atoms with Gasteiger partial charge < -0.3 is 14.7 Å². The van der Waals surface area contributed by atoms with Crippen LogP contribution < -0.4 is 4.74 Å². The van der Waals surface area contributed by atoms with E-state index in [1.54, 1.807) is 12.0 Å². The van der Waals surface area contributed by atoms with Crippen LogP contribution in [0.15, 0.2) is 24.3 Å². The molecule has 20 heavy (non-hydrogen) atoms. The van der Waals surface area contributed by atoms with E-state index in [1.165, 1.54) is 0 Å². The summed E-state index contributed by atoms with van der Waals surface area (Å²) < 4.78 is 17.6. The Labute approximate surface area is 118 Å². The molecule has 0 aromatic heterocycles. The summed E-state index contributed by atoms with van der Waals surface area (Å²) >= 11 is 0. The van der Waals surface area contributed by atoms with E-state index < -0.39 is 12.8 Å². The Balaban J connectivity index is 2.08. The Morgan fingerprint density at radius 3 is 2.65 bits per heavy atom. The van der Waals surface area contributed by atoms with Gasteiger partial charge in [-0.25, -0.2) is 4.39 Å². The van der Waals surface area contributed by atoms with Crippen molar-refractivity contribution in [2.24, 2.45) is 5.92 Å². The fourth-order valence-corrected chi connectivity index (χ4v) is 2.58. The number of halogens is 1. The number of carbonyl (C=O) groups excluding carboxylic acids is 1. The molecular formula is C15H20FNO3. The van der Waals surface area contributed by atoms with Gasteiger partial charge in [0.05, 0.1) is 19.3 Å². The number of aliphatic hydroxyl groups is 1. The smallest absolute Gasteiger partial charge is 0.223 e. The van der Waals surface area contributed by atoms with Gasteiger partial charge in [-0.15, -0.1) is 0 Å². The van der Waals surface area contributed by atoms with Crippen LogP contribution in [0, 0.1) is 5.92 Å². The minimum atomic E-state index is -1.05. The summed E-state index contributed by atoms with van der Waals surface area (Å²) in [7, 11) is 1.60. The molecule has 1 N–H and O–H groups in total. The Kier molecular flexibility index (Phi) is 4.60. The fourth-order valence-electron chi connectivity index (χ4n) is 2.58. The molecule has 1 aliphatic heterocycles. The van der Waals surface area contributed by atoms with E-state index in [4.69, 9.17) is 4.74 Å². The first kappa shape index (κ1) is 14.8. The molecule has 1 amide bonds. The number of nitrogens with zero attached hydrogens (tertiary/aromatic N) is 1. The zero-order valence-corrected chi connectivity index (χ0v) is 11.8. The van der Waals surface area contributed by atoms with Crippen molar-refractivity contribution in [2.75, 3.05) is 20.3 Å². The maximum atomic E-state index is 12.5. The lowest BCUT2D eigenvalue weighted by atomic mass is 10.0. The van der Waals surface area contributed by atoms with Crippen LogP contribution in [0.5, 0.6) is 5.75 Å². The molecular weight excluding hydrogens is 261 g/mol. The van der Waals surface area contributed by atoms with Crippen molar-refractivity contribution >= 4 is 5.91 Å². The van der Waals surface area contributed by atoms with Gasteiger partial charge in [-0.1, -0.05) is 12.1 Å². The highest BCUT2D eigenvalue weighted by Gasteiger charge is 2.36. The number of amides is 1. The number of ether oxygens (including phenoxy) is 1. The summed E-state index contributed by atoms with van der Waals surface area (Å²) in [4.78, 5) is 13.7. The van der Waals surface area contributed by atoms with Crippen LogP contribution in [0.3, 0.4) is 0 Å². The van der Waals surface area contributed by atoms with E-state index in [1.807, 2.05) is 31.2 Å². The van der Waals surface area contributed by atoms with E-state index in [0.717, 1.165) is 11.3 Å². The molecule has 0 unspecified atom stereocenters. The zero-order valence-electron chi connectivity index (χ0n) is 11.8. The summed E-state index contributed by atoms with van der Waals surface area (Å²) in [5, 5.41) is 9.54. The van der Waals surface area contributed by atoms with Gasteiger partial charge in [0.15, 0.2) is 0 Å². The summed E-state index contributed by atoms with van der Waals surface area (Å²) in [5.74, 6) is 0.415. The van der Waals surface area contributed by atoms with E-state index in [2.05, 4.69) is 0 Å². The summed E-state index contributed by atoms with van der Waals surface area (Å²) in [5.41, 5.74) is 0.995. The van der Waals surface area contributed by atoms with Crippen molar-refractivity contribution in [3.8, 4) is 5.75 Å². The van der Waals surface area contributed by atoms with Gasteiger partial charge >= 0.3 is 0 Å². The summed E-state index contributed by atoms with van der Waals surface area (Å²) in [6.45, 7) is 1.53. The van der Waals surface area contributed by atoms with Crippen LogP contribution in [0.1, 0.15) is 24.9 Å². The number of benzene rings is 1. The summed E-state index contributed by atoms with van der Waals surface area (Å²) in [6.07, 6.45) is -0.835. The van der Waals surface area contributed by atoms with Crippen LogP contribution in [0.2, 0.25) is 0 Å². The van der Waals surface area contributed by atoms with E-state index in [9.17, 15) is 14.3 Å². The Morgan fingerprint density at radius 1 is 1.45 bits per heavy atom. The molecule has 0 aliphatic carbocycles. The topological polar surface area (TPSA) is 49.8 Å². The molecule has 1 aliphatic rings. The van der Waals surface area contributed by atoms with Crippen LogP contribution in [0.4, 0.5) is 4.39 Å². The van der Waals surface area contributed by atoms with Gasteiger partial charge in [0.25, 0.3) is 0 Å². The lowest BCUT2D eigenvalue weighted by Crippen LogP contribution is -2.30. The van der Waals surface area contributed by atoms with Crippen molar-refractivity contribution < 1.29 is 19.0 Å². The minimum Gasteiger partial charge on any atom is -0.497 e. The van der Waals surface area contributed by atoms with Crippen LogP contribution in [0.25, 0.3) is 0 Å². The van der Waals surface area contributed by atoms with E-state index in [-0.39, 0.29) is 24.3 Å². The normalized spacial score (nSPS) is 21.9. The van der Waals surface area contributed by atoms with Crippen molar-refractivity contribution in [1.29, 1.82) is 0 Å². The third kappa shape index (κ3) is 2.93. The molecule has 5 heteroatoms. The largest absolute Gasteiger partial charge is 0.497 e. The SMILES string of the molecule is COc1ccc([C@@H](C)N2C[C@H]([C@@H](O)CF)CC2=O)cc1. The Morgan fingerprint density at radius 2 is 2.10 bits per heavy atom. The van der Waals surface area contributed by atoms with Gasteiger partial charge in [-0.3, -0.25) is 4.79 Å². The van der Waals surface area contributed by atoms with Crippen molar-refractivity contribution in [3.05, 3.63) is 29.8 Å². The number of methoxy groups -OCH3 is 1. The maximum Gasteiger partial charge on any atom is 0.223 e. The quantitative estimate of drug-likeness (QED) is 0.897. The van der Waals surface area contributed by atoms with Crippen LogP contribution in [-0.2, 0) is 4.79 Å². The molecule has 3 atom stereocenters. The standard InChI is InChI=1S/C15H20FNO3/c1-10(11-3-5-13(20-2)6-4-11)17-9-12(7-15(17)19)14(18)8-16/h3-6,10,12,14,18H,7-9H2,1-2H3/t10-,12-,14+/m1/s1. The predicted octanol–water partition coefficient (Wildman–Crippen LogP) is 1.94. The first-order chi connectivity index (χ1) is 9.56. The fraction of sp³-hybridized carbons (Fsp3) is 0.533. The highest BCUT2D eigenvalue weighted by molar-refractivity contribution is 5.79. The monoisotopic (exact) mass is 281 g/mol. The molecule has 1 heterocycles. The van der Waals surface area contributed by atoms with Crippen molar-refractivity contribution in [3.63, 3.8) is 0 Å². The second-order valence-electron chi connectivity index (χ2n) is 5.18. The van der Waals surface area contributed by atoms with Gasteiger partial charge in [0.2, 0.25) is 5.91 Å². The molecule has 2 rings (SSSR count). The van der Waals surface area contributed by atoms with E-state index in [0.29, 0.717) is 6.54 Å². The second kappa shape index (κ2) is 6.22. The minimum absolute atomic E-state index is 0.0363. The van der Waals surface area contributed by atoms with Gasteiger partial charge in [-0.05, 0) is 24.6 Å². The number of carbonyl (C=O) groups is 1. The number of hydrogen-bond acceptors (Lipinski definition) is 3. The number of rotatable bonds is 5. The number of alkyl halides is 1. The molecule has 0 bridgehead atoms. The van der Waals surface area contributed by atoms with Gasteiger partial charge in [-0.2, -0.15) is 0 Å². The molecule has 0 spiro atoms. The summed E-state index contributed by atoms with van der Waals surface area (Å²) in [6, 6.07) is 7.43. The van der Waals surface area contributed by atoms with Crippen LogP contribution in [-0.4, -0.2) is 42.3 Å². The van der Waals surface area contributed by atoms with Crippen LogP contribution >= 0.6 is 0 Å². The Bertz CT molecular complexity index is 463. The average molecular weight is 281 g/mol. The second-order valence-corrected chi connectivity index (χ2v) is 5.18. The third-order valence-electron chi connectivity index (χ3n) is 3.96. The first-order valence-corrected chi connectivity index (χ1v) is 6.74. The van der Waals surface area contributed by atoms with Gasteiger partial charge in [0, 0.05) is 18.9 Å². The zero-order chi connectivity index (χ0) is 14.7. The molecule has 1 aromatic rings. The van der Waals surface area contributed by atoms with Crippen molar-refractivity contribution in [2.45, 2.75) is 25.5 Å². The molecule has 1 aromatic carbocycles. The van der Waals surface area contributed by atoms with Gasteiger partial charge in [0.1, 0.15) is 12.4 Å². The Hall–Kier alpha value is -1.62. The maximum absolute atomic E-state index is 12.5. The molecule has 110 valence electrons. The molecule has 0 saturated carbocycles. The molecule has 4 nitrogen and oxygen atoms in total. The lowest BCUT2D eigenvalue weighted by molar-refractivity contribution is -0.129. The number of likely N-dealkylation sites (tertiary alicyclic amines) is 1. The molecule has 0 radical (unpaired) electrons. The first-order valence-electron chi connectivity index (χ1n) is 6.74.